The molecular weight excluding hydrogens is 233 g/mol. The van der Waals surface area contributed by atoms with Gasteiger partial charge in [-0.05, 0) is 37.5 Å². The second-order valence-corrected chi connectivity index (χ2v) is 5.47. The van der Waals surface area contributed by atoms with E-state index in [-0.39, 0.29) is 49.4 Å². The molecule has 2 fully saturated rings. The lowest BCUT2D eigenvalue weighted by Gasteiger charge is -2.38. The maximum Gasteiger partial charge on any atom is 0.391 e. The first-order valence-corrected chi connectivity index (χ1v) is 6.17. The van der Waals surface area contributed by atoms with E-state index >= 15 is 0 Å². The van der Waals surface area contributed by atoms with Crippen molar-refractivity contribution < 1.29 is 23.0 Å². The van der Waals surface area contributed by atoms with Gasteiger partial charge in [0.05, 0.1) is 18.1 Å². The van der Waals surface area contributed by atoms with Crippen molar-refractivity contribution in [3.05, 3.63) is 0 Å². The molecule has 1 N–H and O–H groups in total. The van der Waals surface area contributed by atoms with Crippen LogP contribution in [0.3, 0.4) is 0 Å². The zero-order valence-electron chi connectivity index (χ0n) is 10.1. The first-order chi connectivity index (χ1) is 7.84. The van der Waals surface area contributed by atoms with Crippen LogP contribution in [-0.4, -0.2) is 30.1 Å². The van der Waals surface area contributed by atoms with Crippen molar-refractivity contribution in [2.75, 3.05) is 6.61 Å². The van der Waals surface area contributed by atoms with Crippen molar-refractivity contribution in [2.45, 2.75) is 45.1 Å². The van der Waals surface area contributed by atoms with Crippen molar-refractivity contribution in [1.82, 2.24) is 0 Å². The summed E-state index contributed by atoms with van der Waals surface area (Å²) in [5.41, 5.74) is 0. The maximum atomic E-state index is 12.8. The molecular formula is C12H19F3O2. The highest BCUT2D eigenvalue weighted by atomic mass is 19.4. The molecule has 1 saturated carbocycles. The fraction of sp³-hybridized carbons (Fsp3) is 1.00. The minimum atomic E-state index is -4.17. The third-order valence-corrected chi connectivity index (χ3v) is 4.51. The third kappa shape index (κ3) is 2.32. The van der Waals surface area contributed by atoms with Gasteiger partial charge in [0.15, 0.2) is 0 Å². The Kier molecular flexibility index (Phi) is 3.42. The van der Waals surface area contributed by atoms with Crippen molar-refractivity contribution in [3.8, 4) is 0 Å². The molecule has 0 spiro atoms. The number of hydrogen-bond acceptors (Lipinski definition) is 2. The minimum absolute atomic E-state index is 0.00830. The first kappa shape index (κ1) is 13.1. The fourth-order valence-electron chi connectivity index (χ4n) is 3.45. The minimum Gasteiger partial charge on any atom is -0.396 e. The molecule has 1 aliphatic heterocycles. The molecule has 0 aromatic rings. The number of rotatable bonds is 1. The zero-order chi connectivity index (χ0) is 12.8. The zero-order valence-corrected chi connectivity index (χ0v) is 10.1. The Labute approximate surface area is 99.1 Å². The van der Waals surface area contributed by atoms with E-state index < -0.39 is 12.1 Å². The van der Waals surface area contributed by atoms with Gasteiger partial charge in [-0.25, -0.2) is 0 Å². The molecule has 100 valence electrons. The number of aliphatic hydroxyl groups is 1. The van der Waals surface area contributed by atoms with Crippen LogP contribution in [0.5, 0.6) is 0 Å². The summed E-state index contributed by atoms with van der Waals surface area (Å²) in [6.07, 6.45) is -4.42. The van der Waals surface area contributed by atoms with Gasteiger partial charge in [-0.1, -0.05) is 6.92 Å². The number of hydrogen-bond donors (Lipinski definition) is 1. The van der Waals surface area contributed by atoms with Crippen LogP contribution in [0.1, 0.15) is 26.7 Å². The number of alkyl halides is 3. The average Bonchev–Trinajstić information content (AvgIpc) is 2.52. The third-order valence-electron chi connectivity index (χ3n) is 4.51. The van der Waals surface area contributed by atoms with Crippen molar-refractivity contribution in [1.29, 1.82) is 0 Å². The summed E-state index contributed by atoms with van der Waals surface area (Å²) >= 11 is 0. The van der Waals surface area contributed by atoms with Crippen LogP contribution in [0, 0.1) is 23.7 Å². The molecule has 1 heterocycles. The van der Waals surface area contributed by atoms with Gasteiger partial charge in [-0.2, -0.15) is 13.2 Å². The SMILES string of the molecule is C[C@H]1[C@@H]2[C@@H](CO)C[C@@H](C(F)(F)F)C[C@H]2O[C@H]1C. The summed E-state index contributed by atoms with van der Waals surface area (Å²) in [6, 6.07) is 0. The van der Waals surface area contributed by atoms with Gasteiger partial charge < -0.3 is 9.84 Å². The van der Waals surface area contributed by atoms with E-state index in [0.717, 1.165) is 0 Å². The second kappa shape index (κ2) is 4.43. The molecule has 2 rings (SSSR count). The lowest BCUT2D eigenvalue weighted by atomic mass is 9.68. The van der Waals surface area contributed by atoms with Crippen LogP contribution >= 0.6 is 0 Å². The Morgan fingerprint density at radius 1 is 1.24 bits per heavy atom. The largest absolute Gasteiger partial charge is 0.396 e. The van der Waals surface area contributed by atoms with Crippen molar-refractivity contribution in [3.63, 3.8) is 0 Å². The molecule has 0 bridgehead atoms. The standard InChI is InChI=1S/C12H19F3O2/c1-6-7(2)17-10-4-9(12(13,14)15)3-8(5-16)11(6)10/h6-11,16H,3-5H2,1-2H3/t6-,7+,8-,9-,10-,11-/m1/s1. The molecule has 1 aliphatic carbocycles. The lowest BCUT2D eigenvalue weighted by molar-refractivity contribution is -0.201. The second-order valence-electron chi connectivity index (χ2n) is 5.47. The van der Waals surface area contributed by atoms with Crippen LogP contribution in [0.15, 0.2) is 0 Å². The van der Waals surface area contributed by atoms with Crippen LogP contribution in [0.25, 0.3) is 0 Å². The van der Waals surface area contributed by atoms with Gasteiger partial charge in [0.1, 0.15) is 0 Å². The predicted molar refractivity (Wildman–Crippen MR) is 56.3 cm³/mol. The highest BCUT2D eigenvalue weighted by Crippen LogP contribution is 2.50. The van der Waals surface area contributed by atoms with Gasteiger partial charge >= 0.3 is 6.18 Å². The van der Waals surface area contributed by atoms with Crippen LogP contribution < -0.4 is 0 Å². The summed E-state index contributed by atoms with van der Waals surface area (Å²) in [5, 5.41) is 9.30. The monoisotopic (exact) mass is 252 g/mol. The van der Waals surface area contributed by atoms with E-state index in [1.807, 2.05) is 13.8 Å². The molecule has 0 aromatic carbocycles. The Bertz CT molecular complexity index is 271. The lowest BCUT2D eigenvalue weighted by Crippen LogP contribution is -2.42. The summed E-state index contributed by atoms with van der Waals surface area (Å²) in [4.78, 5) is 0. The first-order valence-electron chi connectivity index (χ1n) is 6.17. The highest BCUT2D eigenvalue weighted by Gasteiger charge is 2.53. The number of fused-ring (bicyclic) bond motifs is 1. The van der Waals surface area contributed by atoms with E-state index in [9.17, 15) is 18.3 Å². The Morgan fingerprint density at radius 3 is 2.41 bits per heavy atom. The molecule has 1 saturated heterocycles. The molecule has 0 amide bonds. The summed E-state index contributed by atoms with van der Waals surface area (Å²) in [7, 11) is 0. The summed E-state index contributed by atoms with van der Waals surface area (Å²) in [5.74, 6) is -1.29. The Hall–Kier alpha value is -0.290. The van der Waals surface area contributed by atoms with E-state index in [1.165, 1.54) is 0 Å². The van der Waals surface area contributed by atoms with Crippen LogP contribution in [0.4, 0.5) is 13.2 Å². The molecule has 17 heavy (non-hydrogen) atoms. The molecule has 0 radical (unpaired) electrons. The summed E-state index contributed by atoms with van der Waals surface area (Å²) in [6.45, 7) is 3.74. The molecule has 2 nitrogen and oxygen atoms in total. The van der Waals surface area contributed by atoms with E-state index in [4.69, 9.17) is 4.74 Å². The van der Waals surface area contributed by atoms with E-state index in [0.29, 0.717) is 0 Å². The Morgan fingerprint density at radius 2 is 1.88 bits per heavy atom. The van der Waals surface area contributed by atoms with Gasteiger partial charge in [-0.15, -0.1) is 0 Å². The van der Waals surface area contributed by atoms with Gasteiger partial charge in [0, 0.05) is 6.61 Å². The van der Waals surface area contributed by atoms with Crippen molar-refractivity contribution >= 4 is 0 Å². The molecule has 0 unspecified atom stereocenters. The smallest absolute Gasteiger partial charge is 0.391 e. The summed E-state index contributed by atoms with van der Waals surface area (Å²) < 4.78 is 43.9. The topological polar surface area (TPSA) is 29.5 Å². The maximum absolute atomic E-state index is 12.8. The molecule has 0 aromatic heterocycles. The molecule has 5 heteroatoms. The number of halogens is 3. The predicted octanol–water partition coefficient (Wildman–Crippen LogP) is 2.61. The average molecular weight is 252 g/mol. The van der Waals surface area contributed by atoms with Crippen LogP contribution in [-0.2, 0) is 4.74 Å². The van der Waals surface area contributed by atoms with E-state index in [1.54, 1.807) is 0 Å². The molecule has 2 aliphatic rings. The normalized spacial score (nSPS) is 46.9. The van der Waals surface area contributed by atoms with Crippen LogP contribution in [0.2, 0.25) is 0 Å². The van der Waals surface area contributed by atoms with Gasteiger partial charge in [0.25, 0.3) is 0 Å². The highest BCUT2D eigenvalue weighted by molar-refractivity contribution is 4.96. The Balaban J connectivity index is 2.16. The number of ether oxygens (including phenoxy) is 1. The quantitative estimate of drug-likeness (QED) is 0.777. The van der Waals surface area contributed by atoms with Gasteiger partial charge in [0.2, 0.25) is 0 Å². The number of aliphatic hydroxyl groups excluding tert-OH is 1. The van der Waals surface area contributed by atoms with E-state index in [2.05, 4.69) is 0 Å². The molecule has 6 atom stereocenters. The van der Waals surface area contributed by atoms with Crippen molar-refractivity contribution in [2.24, 2.45) is 23.7 Å². The van der Waals surface area contributed by atoms with Gasteiger partial charge in [-0.3, -0.25) is 0 Å². The fourth-order valence-corrected chi connectivity index (χ4v) is 3.45.